The van der Waals surface area contributed by atoms with Gasteiger partial charge in [-0.05, 0) is 48.6 Å². The molecular formula is C32H28O11. The van der Waals surface area contributed by atoms with E-state index in [1.165, 1.54) is 40.2 Å². The third kappa shape index (κ3) is 4.34. The van der Waals surface area contributed by atoms with Crippen molar-refractivity contribution in [2.24, 2.45) is 0 Å². The lowest BCUT2D eigenvalue weighted by Gasteiger charge is -2.30. The molecule has 43 heavy (non-hydrogen) atoms. The monoisotopic (exact) mass is 588 g/mol. The van der Waals surface area contributed by atoms with Crippen LogP contribution in [-0.4, -0.2) is 69.2 Å². The van der Waals surface area contributed by atoms with Crippen LogP contribution in [0.2, 0.25) is 0 Å². The van der Waals surface area contributed by atoms with Crippen LogP contribution in [0.5, 0.6) is 23.0 Å². The lowest BCUT2D eigenvalue weighted by molar-refractivity contribution is -0.138. The maximum atomic E-state index is 13.2. The first-order valence-corrected chi connectivity index (χ1v) is 13.5. The minimum absolute atomic E-state index is 0.0383. The Kier molecular flexibility index (Phi) is 6.19. The van der Waals surface area contributed by atoms with Crippen molar-refractivity contribution in [1.82, 2.24) is 0 Å². The maximum Gasteiger partial charge on any atom is 0.314 e. The number of phenols is 2. The molecule has 0 radical (unpaired) electrons. The SMILES string of the molecule is COC1=CC(=O)c2c(cc3c(c2O)-c2c(OC)cc4cc5c(c(O)c4c2OC(=O)CC(C)(O)C3)C(=O)CC(C)(O)C5)C1=O. The molecule has 11 heteroatoms. The van der Waals surface area contributed by atoms with E-state index in [-0.39, 0.29) is 75.3 Å². The number of allylic oxidation sites excluding steroid dienone is 2. The van der Waals surface area contributed by atoms with Gasteiger partial charge in [0, 0.05) is 36.5 Å². The van der Waals surface area contributed by atoms with Gasteiger partial charge in [-0.1, -0.05) is 0 Å². The van der Waals surface area contributed by atoms with E-state index in [0.29, 0.717) is 10.9 Å². The first-order valence-electron chi connectivity index (χ1n) is 13.5. The Labute approximate surface area is 244 Å². The van der Waals surface area contributed by atoms with Crippen molar-refractivity contribution in [3.63, 3.8) is 0 Å². The van der Waals surface area contributed by atoms with E-state index >= 15 is 0 Å². The summed E-state index contributed by atoms with van der Waals surface area (Å²) in [5.74, 6) is -4.36. The van der Waals surface area contributed by atoms with E-state index in [4.69, 9.17) is 14.2 Å². The number of Topliss-reactive ketones (excluding diaryl/α,β-unsaturated/α-hetero) is 2. The van der Waals surface area contributed by atoms with E-state index in [2.05, 4.69) is 0 Å². The summed E-state index contributed by atoms with van der Waals surface area (Å²) in [7, 11) is 2.56. The molecule has 3 aromatic carbocycles. The summed E-state index contributed by atoms with van der Waals surface area (Å²) in [6.07, 6.45) is 0.00686. The second kappa shape index (κ2) is 9.38. The maximum absolute atomic E-state index is 13.2. The van der Waals surface area contributed by atoms with Crippen molar-refractivity contribution < 1.29 is 53.8 Å². The normalized spacial score (nSPS) is 23.2. The minimum atomic E-state index is -1.73. The van der Waals surface area contributed by atoms with Gasteiger partial charge in [0.15, 0.2) is 23.1 Å². The quantitative estimate of drug-likeness (QED) is 0.255. The number of ether oxygens (including phenoxy) is 3. The Balaban J connectivity index is 1.76. The summed E-state index contributed by atoms with van der Waals surface area (Å²) in [6, 6.07) is 4.44. The van der Waals surface area contributed by atoms with Crippen LogP contribution in [0.1, 0.15) is 68.9 Å². The molecule has 0 saturated carbocycles. The highest BCUT2D eigenvalue weighted by atomic mass is 16.5. The second-order valence-corrected chi connectivity index (χ2v) is 11.8. The number of ketones is 3. The number of aliphatic hydroxyl groups is 2. The van der Waals surface area contributed by atoms with Gasteiger partial charge in [-0.15, -0.1) is 0 Å². The van der Waals surface area contributed by atoms with Crippen molar-refractivity contribution in [2.45, 2.75) is 50.7 Å². The molecule has 4 N–H and O–H groups in total. The smallest absolute Gasteiger partial charge is 0.314 e. The van der Waals surface area contributed by atoms with Gasteiger partial charge >= 0.3 is 5.97 Å². The zero-order valence-electron chi connectivity index (χ0n) is 23.8. The Bertz CT molecular complexity index is 1860. The van der Waals surface area contributed by atoms with E-state index in [1.807, 2.05) is 0 Å². The zero-order chi connectivity index (χ0) is 31.2. The van der Waals surface area contributed by atoms with Gasteiger partial charge in [0.1, 0.15) is 17.2 Å². The van der Waals surface area contributed by atoms with Gasteiger partial charge in [-0.25, -0.2) is 0 Å². The molecule has 2 atom stereocenters. The third-order valence-electron chi connectivity index (χ3n) is 8.15. The summed E-state index contributed by atoms with van der Waals surface area (Å²) < 4.78 is 16.5. The van der Waals surface area contributed by atoms with Crippen LogP contribution in [-0.2, 0) is 22.4 Å². The number of aromatic hydroxyl groups is 2. The number of fused-ring (bicyclic) bond motifs is 7. The van der Waals surface area contributed by atoms with Crippen molar-refractivity contribution >= 4 is 34.1 Å². The molecule has 1 aliphatic heterocycles. The van der Waals surface area contributed by atoms with Gasteiger partial charge in [-0.3, -0.25) is 19.2 Å². The lowest BCUT2D eigenvalue weighted by Crippen LogP contribution is -2.35. The van der Waals surface area contributed by atoms with Crippen molar-refractivity contribution in [3.8, 4) is 34.1 Å². The molecule has 0 fully saturated rings. The predicted octanol–water partition coefficient (Wildman–Crippen LogP) is 3.32. The Morgan fingerprint density at radius 2 is 1.42 bits per heavy atom. The van der Waals surface area contributed by atoms with Gasteiger partial charge in [0.25, 0.3) is 0 Å². The Morgan fingerprint density at radius 1 is 0.767 bits per heavy atom. The number of benzene rings is 3. The van der Waals surface area contributed by atoms with Crippen LogP contribution in [0.15, 0.2) is 30.0 Å². The first-order chi connectivity index (χ1) is 20.2. The fraction of sp³-hybridized carbons (Fsp3) is 0.312. The number of hydrogen-bond donors (Lipinski definition) is 4. The minimum Gasteiger partial charge on any atom is -0.506 e. The van der Waals surface area contributed by atoms with Crippen LogP contribution in [0, 0.1) is 0 Å². The summed E-state index contributed by atoms with van der Waals surface area (Å²) in [4.78, 5) is 52.7. The molecule has 2 aliphatic carbocycles. The van der Waals surface area contributed by atoms with Crippen molar-refractivity contribution in [2.75, 3.05) is 14.2 Å². The fourth-order valence-electron chi connectivity index (χ4n) is 6.45. The fourth-order valence-corrected chi connectivity index (χ4v) is 6.45. The topological polar surface area (TPSA) is 177 Å². The second-order valence-electron chi connectivity index (χ2n) is 11.8. The molecule has 0 spiro atoms. The molecule has 0 bridgehead atoms. The number of carbonyl (C=O) groups is 4. The zero-order valence-corrected chi connectivity index (χ0v) is 23.8. The van der Waals surface area contributed by atoms with Crippen molar-refractivity contribution in [3.05, 3.63) is 57.9 Å². The highest BCUT2D eigenvalue weighted by Gasteiger charge is 2.40. The van der Waals surface area contributed by atoms with Gasteiger partial charge < -0.3 is 34.6 Å². The lowest BCUT2D eigenvalue weighted by atomic mass is 9.78. The summed E-state index contributed by atoms with van der Waals surface area (Å²) in [5.41, 5.74) is -3.13. The summed E-state index contributed by atoms with van der Waals surface area (Å²) >= 11 is 0. The van der Waals surface area contributed by atoms with Crippen LogP contribution in [0.4, 0.5) is 0 Å². The molecule has 11 nitrogen and oxygen atoms in total. The van der Waals surface area contributed by atoms with Gasteiger partial charge in [0.2, 0.25) is 5.78 Å². The molecule has 3 aliphatic rings. The van der Waals surface area contributed by atoms with Crippen LogP contribution in [0.3, 0.4) is 0 Å². The summed E-state index contributed by atoms with van der Waals surface area (Å²) in [6.45, 7) is 2.90. The number of methoxy groups -OCH3 is 2. The number of phenolic OH excluding ortho intramolecular Hbond substituents is 2. The Hall–Kier alpha value is -4.74. The molecule has 0 aromatic heterocycles. The highest BCUT2D eigenvalue weighted by Crippen LogP contribution is 2.54. The average Bonchev–Trinajstić information content (AvgIpc) is 2.92. The molecule has 222 valence electrons. The third-order valence-corrected chi connectivity index (χ3v) is 8.15. The number of esters is 1. The molecule has 6 rings (SSSR count). The largest absolute Gasteiger partial charge is 0.506 e. The number of rotatable bonds is 2. The average molecular weight is 589 g/mol. The van der Waals surface area contributed by atoms with E-state index in [9.17, 15) is 39.6 Å². The number of hydrogen-bond acceptors (Lipinski definition) is 11. The first kappa shape index (κ1) is 28.4. The molecule has 2 unspecified atom stereocenters. The van der Waals surface area contributed by atoms with Gasteiger partial charge in [0.05, 0.1) is 53.9 Å². The van der Waals surface area contributed by atoms with E-state index < -0.39 is 52.4 Å². The summed E-state index contributed by atoms with van der Waals surface area (Å²) in [5, 5.41) is 45.4. The van der Waals surface area contributed by atoms with Crippen LogP contribution < -0.4 is 9.47 Å². The molecule has 3 aromatic rings. The van der Waals surface area contributed by atoms with Gasteiger partial charge in [-0.2, -0.15) is 0 Å². The van der Waals surface area contributed by atoms with Crippen molar-refractivity contribution in [1.29, 1.82) is 0 Å². The van der Waals surface area contributed by atoms with Crippen LogP contribution >= 0.6 is 0 Å². The molecule has 0 amide bonds. The van der Waals surface area contributed by atoms with Crippen LogP contribution in [0.25, 0.3) is 21.9 Å². The molecule has 1 heterocycles. The standard InChI is InChI=1S/C32H28O11/c1-31(39)9-14-5-13-7-19(41-3)26-23-15(6-16-25(29(23)38)17(33)8-20(42-4)27(16)36)10-32(2,40)12-21(35)43-30(26)24(13)28(37)22(14)18(34)11-31/h5-8,37-40H,9-12H2,1-4H3. The molecular weight excluding hydrogens is 560 g/mol. The molecule has 0 saturated heterocycles. The van der Waals surface area contributed by atoms with E-state index in [1.54, 1.807) is 6.07 Å². The number of carbonyl (C=O) groups excluding carboxylic acids is 4. The predicted molar refractivity (Wildman–Crippen MR) is 151 cm³/mol. The Morgan fingerprint density at radius 3 is 2.07 bits per heavy atom. The highest BCUT2D eigenvalue weighted by molar-refractivity contribution is 6.26. The van der Waals surface area contributed by atoms with E-state index in [0.717, 1.165) is 6.08 Å².